The van der Waals surface area contributed by atoms with Crippen molar-refractivity contribution >= 4 is 5.78 Å². The molecule has 0 aliphatic heterocycles. The molecule has 6 heteroatoms. The van der Waals surface area contributed by atoms with Gasteiger partial charge in [-0.3, -0.25) is 9.48 Å². The summed E-state index contributed by atoms with van der Waals surface area (Å²) in [5.74, 6) is -0.174. The molecule has 6 nitrogen and oxygen atoms in total. The van der Waals surface area contributed by atoms with E-state index in [0.717, 1.165) is 12.2 Å². The summed E-state index contributed by atoms with van der Waals surface area (Å²) in [5.41, 5.74) is 1.65. The van der Waals surface area contributed by atoms with Gasteiger partial charge in [0.2, 0.25) is 5.78 Å². The van der Waals surface area contributed by atoms with E-state index >= 15 is 0 Å². The Morgan fingerprint density at radius 3 is 2.65 bits per heavy atom. The summed E-state index contributed by atoms with van der Waals surface area (Å²) in [6.45, 7) is 2.69. The summed E-state index contributed by atoms with van der Waals surface area (Å²) in [6, 6.07) is 9.46. The average molecular weight is 267 g/mol. The minimum absolute atomic E-state index is 0.174. The maximum Gasteiger partial charge on any atom is 0.218 e. The van der Waals surface area contributed by atoms with Gasteiger partial charge in [0.15, 0.2) is 5.69 Å². The maximum absolute atomic E-state index is 12.3. The second kappa shape index (κ2) is 5.08. The predicted molar refractivity (Wildman–Crippen MR) is 72.7 cm³/mol. The molecule has 2 heterocycles. The molecule has 3 aromatic rings. The van der Waals surface area contributed by atoms with Crippen LogP contribution in [-0.4, -0.2) is 30.6 Å². The van der Waals surface area contributed by atoms with Gasteiger partial charge in [-0.25, -0.2) is 0 Å². The van der Waals surface area contributed by atoms with Crippen LogP contribution in [0, 0.1) is 0 Å². The molecule has 0 unspecified atom stereocenters. The average Bonchev–Trinajstić information content (AvgIpc) is 3.17. The highest BCUT2D eigenvalue weighted by Gasteiger charge is 2.15. The molecule has 0 bridgehead atoms. The second-order valence-corrected chi connectivity index (χ2v) is 4.27. The minimum atomic E-state index is -0.174. The summed E-state index contributed by atoms with van der Waals surface area (Å²) in [5, 5.41) is 12.4. The lowest BCUT2D eigenvalue weighted by atomic mass is 10.2. The molecule has 3 rings (SSSR count). The van der Waals surface area contributed by atoms with Crippen LogP contribution in [0.2, 0.25) is 0 Å². The monoisotopic (exact) mass is 267 g/mol. The first kappa shape index (κ1) is 12.3. The third kappa shape index (κ3) is 2.23. The molecule has 0 saturated heterocycles. The van der Waals surface area contributed by atoms with Gasteiger partial charge in [-0.15, -0.1) is 5.10 Å². The number of aryl methyl sites for hydroxylation is 1. The molecule has 100 valence electrons. The van der Waals surface area contributed by atoms with Crippen molar-refractivity contribution < 1.29 is 4.79 Å². The van der Waals surface area contributed by atoms with Crippen LogP contribution >= 0.6 is 0 Å². The molecule has 2 aromatic heterocycles. The summed E-state index contributed by atoms with van der Waals surface area (Å²) in [7, 11) is 0. The van der Waals surface area contributed by atoms with E-state index in [2.05, 4.69) is 15.3 Å². The highest BCUT2D eigenvalue weighted by atomic mass is 16.1. The fourth-order valence-corrected chi connectivity index (χ4v) is 1.85. The van der Waals surface area contributed by atoms with Gasteiger partial charge in [0.1, 0.15) is 0 Å². The van der Waals surface area contributed by atoms with E-state index in [1.54, 1.807) is 17.1 Å². The number of aromatic nitrogens is 5. The zero-order valence-electron chi connectivity index (χ0n) is 11.0. The predicted octanol–water partition coefficient (Wildman–Crippen LogP) is 1.71. The highest BCUT2D eigenvalue weighted by molar-refractivity contribution is 6.07. The van der Waals surface area contributed by atoms with E-state index in [1.165, 1.54) is 11.0 Å². The fourth-order valence-electron chi connectivity index (χ4n) is 1.85. The zero-order valence-corrected chi connectivity index (χ0v) is 11.0. The number of benzene rings is 1. The van der Waals surface area contributed by atoms with E-state index in [1.807, 2.05) is 37.3 Å². The maximum atomic E-state index is 12.3. The van der Waals surface area contributed by atoms with Crippen molar-refractivity contribution in [1.82, 2.24) is 24.8 Å². The van der Waals surface area contributed by atoms with Crippen molar-refractivity contribution in [2.75, 3.05) is 0 Å². The summed E-state index contributed by atoms with van der Waals surface area (Å²) in [4.78, 5) is 13.7. The van der Waals surface area contributed by atoms with Crippen molar-refractivity contribution in [3.05, 3.63) is 60.2 Å². The number of ketones is 1. The van der Waals surface area contributed by atoms with Crippen LogP contribution in [0.3, 0.4) is 0 Å². The number of para-hydroxylation sites is 1. The molecule has 0 aliphatic carbocycles. The van der Waals surface area contributed by atoms with Crippen LogP contribution in [0.25, 0.3) is 5.69 Å². The van der Waals surface area contributed by atoms with Crippen molar-refractivity contribution in [3.63, 3.8) is 0 Å². The lowest BCUT2D eigenvalue weighted by Gasteiger charge is -1.97. The lowest BCUT2D eigenvalue weighted by molar-refractivity contribution is 0.103. The number of hydrogen-bond acceptors (Lipinski definition) is 4. The standard InChI is InChI=1S/C14H13N5O/c1-2-18-10-11(8-15-18)14(20)13-9-16-19(17-13)12-6-4-3-5-7-12/h3-10H,2H2,1H3. The third-order valence-corrected chi connectivity index (χ3v) is 2.93. The first-order valence-corrected chi connectivity index (χ1v) is 6.33. The van der Waals surface area contributed by atoms with E-state index in [0.29, 0.717) is 11.3 Å². The van der Waals surface area contributed by atoms with Crippen molar-refractivity contribution in [1.29, 1.82) is 0 Å². The quantitative estimate of drug-likeness (QED) is 0.675. The van der Waals surface area contributed by atoms with Crippen molar-refractivity contribution in [2.45, 2.75) is 13.5 Å². The smallest absolute Gasteiger partial charge is 0.218 e. The van der Waals surface area contributed by atoms with Crippen molar-refractivity contribution in [2.24, 2.45) is 0 Å². The first-order valence-electron chi connectivity index (χ1n) is 6.33. The molecule has 20 heavy (non-hydrogen) atoms. The molecule has 1 aromatic carbocycles. The van der Waals surface area contributed by atoms with E-state index < -0.39 is 0 Å². The molecule has 0 radical (unpaired) electrons. The second-order valence-electron chi connectivity index (χ2n) is 4.27. The van der Waals surface area contributed by atoms with Crippen LogP contribution in [0.5, 0.6) is 0 Å². The topological polar surface area (TPSA) is 65.6 Å². The van der Waals surface area contributed by atoms with Gasteiger partial charge in [-0.1, -0.05) is 18.2 Å². The lowest BCUT2D eigenvalue weighted by Crippen LogP contribution is -2.04. The number of carbonyl (C=O) groups is 1. The fraction of sp³-hybridized carbons (Fsp3) is 0.143. The van der Waals surface area contributed by atoms with E-state index in [-0.39, 0.29) is 5.78 Å². The number of rotatable bonds is 4. The Bertz CT molecular complexity index is 729. The molecule has 0 saturated carbocycles. The Kier molecular flexibility index (Phi) is 3.12. The highest BCUT2D eigenvalue weighted by Crippen LogP contribution is 2.08. The molecule has 0 atom stereocenters. The molecular weight excluding hydrogens is 254 g/mol. The molecule has 0 spiro atoms. The SMILES string of the molecule is CCn1cc(C(=O)c2cnn(-c3ccccc3)n2)cn1. The Morgan fingerprint density at radius 2 is 1.95 bits per heavy atom. The molecule has 0 fully saturated rings. The van der Waals surface area contributed by atoms with Gasteiger partial charge in [0, 0.05) is 12.7 Å². The van der Waals surface area contributed by atoms with Gasteiger partial charge in [0.05, 0.1) is 23.6 Å². The Morgan fingerprint density at radius 1 is 1.15 bits per heavy atom. The number of hydrogen-bond donors (Lipinski definition) is 0. The van der Waals surface area contributed by atoms with Gasteiger partial charge < -0.3 is 0 Å². The molecular formula is C14H13N5O. The van der Waals surface area contributed by atoms with Crippen LogP contribution in [0.4, 0.5) is 0 Å². The third-order valence-electron chi connectivity index (χ3n) is 2.93. The van der Waals surface area contributed by atoms with Gasteiger partial charge in [-0.2, -0.15) is 15.0 Å². The van der Waals surface area contributed by atoms with Crippen LogP contribution in [0.1, 0.15) is 23.0 Å². The summed E-state index contributed by atoms with van der Waals surface area (Å²) < 4.78 is 1.70. The molecule has 0 aliphatic rings. The normalized spacial score (nSPS) is 10.7. The Hall–Kier alpha value is -2.76. The Balaban J connectivity index is 1.88. The van der Waals surface area contributed by atoms with Crippen LogP contribution in [0.15, 0.2) is 48.9 Å². The molecule has 0 amide bonds. The minimum Gasteiger partial charge on any atom is -0.287 e. The van der Waals surface area contributed by atoms with E-state index in [9.17, 15) is 4.79 Å². The summed E-state index contributed by atoms with van der Waals surface area (Å²) >= 11 is 0. The van der Waals surface area contributed by atoms with Gasteiger partial charge in [0.25, 0.3) is 0 Å². The van der Waals surface area contributed by atoms with Crippen LogP contribution < -0.4 is 0 Å². The van der Waals surface area contributed by atoms with Crippen LogP contribution in [-0.2, 0) is 6.54 Å². The van der Waals surface area contributed by atoms with Gasteiger partial charge >= 0.3 is 0 Å². The zero-order chi connectivity index (χ0) is 13.9. The van der Waals surface area contributed by atoms with E-state index in [4.69, 9.17) is 0 Å². The summed E-state index contributed by atoms with van der Waals surface area (Å²) in [6.07, 6.45) is 4.73. The number of nitrogens with zero attached hydrogens (tertiary/aromatic N) is 5. The van der Waals surface area contributed by atoms with Crippen molar-refractivity contribution in [3.8, 4) is 5.69 Å². The van der Waals surface area contributed by atoms with Gasteiger partial charge in [-0.05, 0) is 19.1 Å². The largest absolute Gasteiger partial charge is 0.287 e. The molecule has 0 N–H and O–H groups in total. The number of carbonyl (C=O) groups excluding carboxylic acids is 1. The Labute approximate surface area is 115 Å². The first-order chi connectivity index (χ1) is 9.78.